The van der Waals surface area contributed by atoms with Gasteiger partial charge < -0.3 is 15.3 Å². The van der Waals surface area contributed by atoms with E-state index in [0.717, 1.165) is 5.56 Å². The van der Waals surface area contributed by atoms with Crippen LogP contribution in [0, 0.1) is 5.92 Å². The molecule has 2 atom stereocenters. The number of carboxylic acid groups (broad SMARTS) is 1. The Kier molecular flexibility index (Phi) is 6.01. The maximum Gasteiger partial charge on any atom is 0.336 e. The molecule has 6 heteroatoms. The van der Waals surface area contributed by atoms with Gasteiger partial charge in [-0.3, -0.25) is 9.59 Å². The predicted molar refractivity (Wildman–Crippen MR) is 110 cm³/mol. The smallest absolute Gasteiger partial charge is 0.336 e. The molecule has 29 heavy (non-hydrogen) atoms. The van der Waals surface area contributed by atoms with Crippen molar-refractivity contribution in [3.8, 4) is 0 Å². The zero-order valence-electron chi connectivity index (χ0n) is 16.7. The van der Waals surface area contributed by atoms with Crippen molar-refractivity contribution in [2.75, 3.05) is 19.6 Å². The van der Waals surface area contributed by atoms with Gasteiger partial charge in [-0.05, 0) is 43.9 Å². The van der Waals surface area contributed by atoms with E-state index >= 15 is 0 Å². The zero-order valence-corrected chi connectivity index (χ0v) is 16.7. The van der Waals surface area contributed by atoms with E-state index in [1.165, 1.54) is 12.1 Å². The summed E-state index contributed by atoms with van der Waals surface area (Å²) in [6.45, 7) is 5.50. The number of carboxylic acids is 1. The minimum absolute atomic E-state index is 0.0288. The number of carbonyl (C=O) groups is 3. The summed E-state index contributed by atoms with van der Waals surface area (Å²) in [7, 11) is 0. The van der Waals surface area contributed by atoms with Crippen LogP contribution in [0.2, 0.25) is 0 Å². The minimum atomic E-state index is -1.14. The number of hydrogen-bond acceptors (Lipinski definition) is 3. The molecule has 2 aromatic rings. The molecule has 2 aromatic carbocycles. The van der Waals surface area contributed by atoms with E-state index in [2.05, 4.69) is 5.32 Å². The molecule has 6 nitrogen and oxygen atoms in total. The molecular formula is C23H26N2O4. The SMILES string of the molecule is CCN(CC)C(=O)[C@@]1(c2ccccc2)C[C@H]1CNC(=O)c1ccccc1C(=O)O. The topological polar surface area (TPSA) is 86.7 Å². The largest absolute Gasteiger partial charge is 0.478 e. The first-order chi connectivity index (χ1) is 14.0. The first-order valence-electron chi connectivity index (χ1n) is 9.91. The monoisotopic (exact) mass is 394 g/mol. The maximum absolute atomic E-state index is 13.3. The van der Waals surface area contributed by atoms with Crippen molar-refractivity contribution in [2.45, 2.75) is 25.7 Å². The first kappa shape index (κ1) is 20.6. The molecule has 1 saturated carbocycles. The van der Waals surface area contributed by atoms with E-state index in [9.17, 15) is 19.5 Å². The number of nitrogens with one attached hydrogen (secondary N) is 1. The Bertz CT molecular complexity index is 908. The van der Waals surface area contributed by atoms with Crippen LogP contribution in [0.25, 0.3) is 0 Å². The van der Waals surface area contributed by atoms with E-state index in [1.807, 2.05) is 49.1 Å². The summed E-state index contributed by atoms with van der Waals surface area (Å²) in [4.78, 5) is 39.1. The Hall–Kier alpha value is -3.15. The van der Waals surface area contributed by atoms with Gasteiger partial charge in [0.15, 0.2) is 0 Å². The molecule has 0 radical (unpaired) electrons. The second-order valence-corrected chi connectivity index (χ2v) is 7.28. The molecule has 0 aromatic heterocycles. The molecule has 0 saturated heterocycles. The number of likely N-dealkylation sites (N-methyl/N-ethyl adjacent to an activating group) is 1. The van der Waals surface area contributed by atoms with Crippen LogP contribution in [0.1, 0.15) is 46.5 Å². The van der Waals surface area contributed by atoms with Crippen molar-refractivity contribution >= 4 is 17.8 Å². The standard InChI is InChI=1S/C23H26N2O4/c1-3-25(4-2)22(29)23(16-10-6-5-7-11-16)14-17(23)15-24-20(26)18-12-8-9-13-19(18)21(27)28/h5-13,17H,3-4,14-15H2,1-2H3,(H,24,26)(H,27,28)/t17-,23+/m0/s1. The molecule has 0 heterocycles. The van der Waals surface area contributed by atoms with E-state index in [0.29, 0.717) is 26.1 Å². The van der Waals surface area contributed by atoms with Gasteiger partial charge in [-0.15, -0.1) is 0 Å². The second-order valence-electron chi connectivity index (χ2n) is 7.28. The second kappa shape index (κ2) is 8.47. The summed E-state index contributed by atoms with van der Waals surface area (Å²) in [5.41, 5.74) is 0.421. The van der Waals surface area contributed by atoms with Crippen molar-refractivity contribution in [1.29, 1.82) is 0 Å². The molecular weight excluding hydrogens is 368 g/mol. The van der Waals surface area contributed by atoms with Crippen LogP contribution in [-0.2, 0) is 10.2 Å². The van der Waals surface area contributed by atoms with Crippen LogP contribution in [-0.4, -0.2) is 47.4 Å². The molecule has 1 aliphatic rings. The normalized spacial score (nSPS) is 20.0. The number of carbonyl (C=O) groups excluding carboxylic acids is 2. The molecule has 1 fully saturated rings. The first-order valence-corrected chi connectivity index (χ1v) is 9.91. The van der Waals surface area contributed by atoms with Gasteiger partial charge in [0, 0.05) is 19.6 Å². The lowest BCUT2D eigenvalue weighted by Crippen LogP contribution is -2.41. The Morgan fingerprint density at radius 1 is 1.00 bits per heavy atom. The molecule has 0 aliphatic heterocycles. The highest BCUT2D eigenvalue weighted by Gasteiger charge is 2.61. The van der Waals surface area contributed by atoms with Crippen LogP contribution < -0.4 is 5.32 Å². The third kappa shape index (κ3) is 3.88. The summed E-state index contributed by atoms with van der Waals surface area (Å²) in [6.07, 6.45) is 0.660. The summed E-state index contributed by atoms with van der Waals surface area (Å²) in [6, 6.07) is 15.8. The van der Waals surface area contributed by atoms with E-state index < -0.39 is 17.3 Å². The minimum Gasteiger partial charge on any atom is -0.478 e. The lowest BCUT2D eigenvalue weighted by atomic mass is 9.91. The highest BCUT2D eigenvalue weighted by molar-refractivity contribution is 6.04. The number of benzene rings is 2. The van der Waals surface area contributed by atoms with E-state index in [4.69, 9.17) is 0 Å². The Morgan fingerprint density at radius 3 is 2.17 bits per heavy atom. The molecule has 3 rings (SSSR count). The Morgan fingerprint density at radius 2 is 1.59 bits per heavy atom. The fraction of sp³-hybridized carbons (Fsp3) is 0.348. The molecule has 0 unspecified atom stereocenters. The van der Waals surface area contributed by atoms with Crippen LogP contribution in [0.3, 0.4) is 0 Å². The molecule has 0 spiro atoms. The molecule has 2 N–H and O–H groups in total. The van der Waals surface area contributed by atoms with Crippen LogP contribution >= 0.6 is 0 Å². The van der Waals surface area contributed by atoms with Crippen molar-refractivity contribution in [2.24, 2.45) is 5.92 Å². The van der Waals surface area contributed by atoms with Gasteiger partial charge in [0.1, 0.15) is 0 Å². The van der Waals surface area contributed by atoms with Gasteiger partial charge in [-0.1, -0.05) is 42.5 Å². The van der Waals surface area contributed by atoms with Gasteiger partial charge in [0.25, 0.3) is 5.91 Å². The van der Waals surface area contributed by atoms with Crippen molar-refractivity contribution in [3.63, 3.8) is 0 Å². The van der Waals surface area contributed by atoms with E-state index in [1.54, 1.807) is 12.1 Å². The quantitative estimate of drug-likeness (QED) is 0.721. The van der Waals surface area contributed by atoms with Crippen molar-refractivity contribution in [1.82, 2.24) is 10.2 Å². The zero-order chi connectivity index (χ0) is 21.0. The number of aromatic carboxylic acids is 1. The van der Waals surface area contributed by atoms with Crippen molar-refractivity contribution < 1.29 is 19.5 Å². The van der Waals surface area contributed by atoms with E-state index in [-0.39, 0.29) is 23.0 Å². The van der Waals surface area contributed by atoms with Crippen LogP contribution in [0.5, 0.6) is 0 Å². The number of rotatable bonds is 8. The molecule has 1 aliphatic carbocycles. The number of amides is 2. The van der Waals surface area contributed by atoms with Gasteiger partial charge in [-0.25, -0.2) is 4.79 Å². The molecule has 0 bridgehead atoms. The molecule has 2 amide bonds. The van der Waals surface area contributed by atoms with Crippen LogP contribution in [0.15, 0.2) is 54.6 Å². The lowest BCUT2D eigenvalue weighted by molar-refractivity contribution is -0.134. The average Bonchev–Trinajstić information content (AvgIpc) is 3.49. The summed E-state index contributed by atoms with van der Waals surface area (Å²) < 4.78 is 0. The van der Waals surface area contributed by atoms with Gasteiger partial charge in [0.05, 0.1) is 16.5 Å². The maximum atomic E-state index is 13.3. The highest BCUT2D eigenvalue weighted by atomic mass is 16.4. The number of nitrogens with zero attached hydrogens (tertiary/aromatic N) is 1. The summed E-state index contributed by atoms with van der Waals surface area (Å²) in [5, 5.41) is 12.1. The predicted octanol–water partition coefficient (Wildman–Crippen LogP) is 2.94. The number of hydrogen-bond donors (Lipinski definition) is 2. The average molecular weight is 394 g/mol. The molecule has 152 valence electrons. The summed E-state index contributed by atoms with van der Waals surface area (Å²) >= 11 is 0. The van der Waals surface area contributed by atoms with Crippen molar-refractivity contribution in [3.05, 3.63) is 71.3 Å². The summed E-state index contributed by atoms with van der Waals surface area (Å²) in [5.74, 6) is -1.53. The third-order valence-electron chi connectivity index (χ3n) is 5.74. The highest BCUT2D eigenvalue weighted by Crippen LogP contribution is 2.55. The lowest BCUT2D eigenvalue weighted by Gasteiger charge is -2.26. The fourth-order valence-corrected chi connectivity index (χ4v) is 4.02. The fourth-order valence-electron chi connectivity index (χ4n) is 4.02. The third-order valence-corrected chi connectivity index (χ3v) is 5.74. The van der Waals surface area contributed by atoms with Gasteiger partial charge >= 0.3 is 5.97 Å². The van der Waals surface area contributed by atoms with Crippen LogP contribution in [0.4, 0.5) is 0 Å². The van der Waals surface area contributed by atoms with Gasteiger partial charge in [0.2, 0.25) is 5.91 Å². The van der Waals surface area contributed by atoms with Gasteiger partial charge in [-0.2, -0.15) is 0 Å². The Labute approximate surface area is 170 Å². The Balaban J connectivity index is 1.79.